The molecule has 0 radical (unpaired) electrons. The topological polar surface area (TPSA) is 65.4 Å². The van der Waals surface area contributed by atoms with Gasteiger partial charge in [0.05, 0.1) is 6.54 Å². The van der Waals surface area contributed by atoms with E-state index in [-0.39, 0.29) is 31.5 Å². The van der Waals surface area contributed by atoms with Crippen molar-refractivity contribution in [3.8, 4) is 11.5 Å². The molecule has 1 aromatic heterocycles. The van der Waals surface area contributed by atoms with Gasteiger partial charge in [-0.05, 0) is 31.0 Å². The molecule has 6 nitrogen and oxygen atoms in total. The molecule has 1 saturated carbocycles. The summed E-state index contributed by atoms with van der Waals surface area (Å²) in [6, 6.07) is 8.14. The Balaban J connectivity index is 1.35. The normalized spacial score (nSPS) is 19.0. The van der Waals surface area contributed by atoms with E-state index in [1.54, 1.807) is 24.3 Å². The van der Waals surface area contributed by atoms with E-state index in [1.807, 2.05) is 0 Å². The van der Waals surface area contributed by atoms with Crippen molar-refractivity contribution in [3.63, 3.8) is 0 Å². The van der Waals surface area contributed by atoms with Crippen LogP contribution in [0, 0.1) is 0 Å². The minimum atomic E-state index is -4.47. The second kappa shape index (κ2) is 6.79. The van der Waals surface area contributed by atoms with Gasteiger partial charge in [-0.2, -0.15) is 18.3 Å². The van der Waals surface area contributed by atoms with Crippen LogP contribution >= 0.6 is 0 Å². The maximum atomic E-state index is 12.9. The Hall–Kier alpha value is -2.71. The monoisotopic (exact) mass is 381 g/mol. The zero-order valence-electron chi connectivity index (χ0n) is 14.3. The van der Waals surface area contributed by atoms with Crippen LogP contribution in [0.4, 0.5) is 13.2 Å². The summed E-state index contributed by atoms with van der Waals surface area (Å²) in [6.07, 6.45) is -3.55. The lowest BCUT2D eigenvalue weighted by molar-refractivity contribution is -0.141. The summed E-state index contributed by atoms with van der Waals surface area (Å²) in [5.41, 5.74) is -0.320. The Labute approximate surface area is 153 Å². The Morgan fingerprint density at radius 1 is 1.26 bits per heavy atom. The van der Waals surface area contributed by atoms with Gasteiger partial charge in [0.1, 0.15) is 6.61 Å². The predicted molar refractivity (Wildman–Crippen MR) is 88.6 cm³/mol. The maximum absolute atomic E-state index is 12.9. The van der Waals surface area contributed by atoms with E-state index in [9.17, 15) is 18.0 Å². The molecule has 2 aromatic rings. The van der Waals surface area contributed by atoms with Crippen LogP contribution in [0.3, 0.4) is 0 Å². The fraction of sp³-hybridized carbons (Fsp3) is 0.444. The van der Waals surface area contributed by atoms with Crippen LogP contribution in [0.25, 0.3) is 0 Å². The van der Waals surface area contributed by atoms with Crippen molar-refractivity contribution < 1.29 is 27.4 Å². The molecule has 1 aromatic carbocycles. The molecule has 1 N–H and O–H groups in total. The Kier molecular flexibility index (Phi) is 4.45. The van der Waals surface area contributed by atoms with Crippen molar-refractivity contribution in [3.05, 3.63) is 41.7 Å². The SMILES string of the molecule is O=C(NCCn1nc(C(F)(F)F)cc1C1CC1)C1COc2ccccc2O1. The highest BCUT2D eigenvalue weighted by molar-refractivity contribution is 5.81. The molecule has 0 saturated heterocycles. The number of aromatic nitrogens is 2. The molecule has 2 aliphatic rings. The molecule has 1 aliphatic carbocycles. The molecule has 27 heavy (non-hydrogen) atoms. The number of para-hydroxylation sites is 2. The number of carbonyl (C=O) groups is 1. The molecule has 1 unspecified atom stereocenters. The third-order valence-electron chi connectivity index (χ3n) is 4.52. The first-order valence-corrected chi connectivity index (χ1v) is 8.73. The van der Waals surface area contributed by atoms with E-state index in [0.717, 1.165) is 18.9 Å². The zero-order valence-corrected chi connectivity index (χ0v) is 14.3. The Morgan fingerprint density at radius 3 is 2.70 bits per heavy atom. The fourth-order valence-electron chi connectivity index (χ4n) is 3.00. The molecule has 1 aliphatic heterocycles. The van der Waals surface area contributed by atoms with Crippen molar-refractivity contribution in [1.29, 1.82) is 0 Å². The molecule has 4 rings (SSSR count). The van der Waals surface area contributed by atoms with E-state index < -0.39 is 18.0 Å². The van der Waals surface area contributed by atoms with Gasteiger partial charge >= 0.3 is 6.18 Å². The maximum Gasteiger partial charge on any atom is 0.435 e. The molecule has 1 amide bonds. The number of amides is 1. The highest BCUT2D eigenvalue weighted by Crippen LogP contribution is 2.42. The summed E-state index contributed by atoms with van der Waals surface area (Å²) < 4.78 is 51.2. The first-order valence-electron chi connectivity index (χ1n) is 8.73. The Morgan fingerprint density at radius 2 is 2.00 bits per heavy atom. The van der Waals surface area contributed by atoms with Gasteiger partial charge in [-0.15, -0.1) is 0 Å². The van der Waals surface area contributed by atoms with Crippen LogP contribution in [-0.4, -0.2) is 34.9 Å². The number of rotatable bonds is 5. The standard InChI is InChI=1S/C18H18F3N3O3/c19-18(20,21)16-9-12(11-5-6-11)24(23-16)8-7-22-17(25)15-10-26-13-3-1-2-4-14(13)27-15/h1-4,9,11,15H,5-8,10H2,(H,22,25). The minimum absolute atomic E-state index is 0.0795. The number of ether oxygens (including phenoxy) is 2. The quantitative estimate of drug-likeness (QED) is 0.865. The largest absolute Gasteiger partial charge is 0.485 e. The van der Waals surface area contributed by atoms with Gasteiger partial charge in [0.25, 0.3) is 5.91 Å². The summed E-state index contributed by atoms with van der Waals surface area (Å²) in [7, 11) is 0. The number of hydrogen-bond donors (Lipinski definition) is 1. The number of fused-ring (bicyclic) bond motifs is 1. The Bertz CT molecular complexity index is 846. The molecule has 9 heteroatoms. The molecule has 1 atom stereocenters. The van der Waals surface area contributed by atoms with Gasteiger partial charge in [-0.25, -0.2) is 0 Å². The second-order valence-electron chi connectivity index (χ2n) is 6.60. The minimum Gasteiger partial charge on any atom is -0.485 e. The van der Waals surface area contributed by atoms with Crippen LogP contribution < -0.4 is 14.8 Å². The summed E-state index contributed by atoms with van der Waals surface area (Å²) in [5, 5.41) is 6.35. The highest BCUT2D eigenvalue weighted by atomic mass is 19.4. The summed E-state index contributed by atoms with van der Waals surface area (Å²) in [5.74, 6) is 0.810. The van der Waals surface area contributed by atoms with Crippen LogP contribution in [0.5, 0.6) is 11.5 Å². The lowest BCUT2D eigenvalue weighted by Gasteiger charge is -2.25. The molecule has 0 bridgehead atoms. The van der Waals surface area contributed by atoms with Gasteiger partial charge in [-0.3, -0.25) is 9.48 Å². The lowest BCUT2D eigenvalue weighted by Crippen LogP contribution is -2.44. The first-order chi connectivity index (χ1) is 12.9. The lowest BCUT2D eigenvalue weighted by atomic mass is 10.2. The van der Waals surface area contributed by atoms with Crippen molar-refractivity contribution >= 4 is 5.91 Å². The predicted octanol–water partition coefficient (Wildman–Crippen LogP) is 2.74. The molecular formula is C18H18F3N3O3. The molecule has 2 heterocycles. The van der Waals surface area contributed by atoms with E-state index >= 15 is 0 Å². The van der Waals surface area contributed by atoms with Gasteiger partial charge in [-0.1, -0.05) is 12.1 Å². The molecular weight excluding hydrogens is 363 g/mol. The van der Waals surface area contributed by atoms with E-state index in [4.69, 9.17) is 9.47 Å². The number of nitrogens with one attached hydrogen (secondary N) is 1. The first kappa shape index (κ1) is 17.7. The van der Waals surface area contributed by atoms with E-state index in [2.05, 4.69) is 10.4 Å². The number of alkyl halides is 3. The summed E-state index contributed by atoms with van der Waals surface area (Å²) in [6.45, 7) is 0.396. The van der Waals surface area contributed by atoms with E-state index in [0.29, 0.717) is 17.2 Å². The molecule has 1 fully saturated rings. The molecule has 0 spiro atoms. The average Bonchev–Trinajstić information content (AvgIpc) is 3.40. The van der Waals surface area contributed by atoms with Crippen LogP contribution in [-0.2, 0) is 17.5 Å². The van der Waals surface area contributed by atoms with Gasteiger partial charge in [0.2, 0.25) is 6.10 Å². The number of benzene rings is 1. The van der Waals surface area contributed by atoms with Crippen LogP contribution in [0.1, 0.15) is 30.1 Å². The molecule has 144 valence electrons. The van der Waals surface area contributed by atoms with Crippen molar-refractivity contribution in [2.24, 2.45) is 0 Å². The van der Waals surface area contributed by atoms with Gasteiger partial charge < -0.3 is 14.8 Å². The third kappa shape index (κ3) is 3.86. The number of hydrogen-bond acceptors (Lipinski definition) is 4. The second-order valence-corrected chi connectivity index (χ2v) is 6.60. The van der Waals surface area contributed by atoms with Crippen molar-refractivity contribution in [2.75, 3.05) is 13.2 Å². The summed E-state index contributed by atoms with van der Waals surface area (Å²) >= 11 is 0. The highest BCUT2D eigenvalue weighted by Gasteiger charge is 2.37. The fourth-order valence-corrected chi connectivity index (χ4v) is 3.00. The number of nitrogens with zero attached hydrogens (tertiary/aromatic N) is 2. The van der Waals surface area contributed by atoms with Crippen molar-refractivity contribution in [1.82, 2.24) is 15.1 Å². The van der Waals surface area contributed by atoms with Crippen molar-refractivity contribution in [2.45, 2.75) is 37.6 Å². The van der Waals surface area contributed by atoms with Crippen LogP contribution in [0.2, 0.25) is 0 Å². The summed E-state index contributed by atoms with van der Waals surface area (Å²) in [4.78, 5) is 12.3. The van der Waals surface area contributed by atoms with E-state index in [1.165, 1.54) is 4.68 Å². The average molecular weight is 381 g/mol. The third-order valence-corrected chi connectivity index (χ3v) is 4.52. The smallest absolute Gasteiger partial charge is 0.435 e. The number of carbonyl (C=O) groups excluding carboxylic acids is 1. The van der Waals surface area contributed by atoms with Gasteiger partial charge in [0, 0.05) is 18.2 Å². The number of halogens is 3. The zero-order chi connectivity index (χ0) is 19.0. The van der Waals surface area contributed by atoms with Gasteiger partial charge in [0.15, 0.2) is 17.2 Å². The van der Waals surface area contributed by atoms with Crippen LogP contribution in [0.15, 0.2) is 30.3 Å².